The fraction of sp³-hybridized carbons (Fsp3) is 1.00. The van der Waals surface area contributed by atoms with E-state index in [1.54, 1.807) is 0 Å². The zero-order valence-electron chi connectivity index (χ0n) is 9.47. The quantitative estimate of drug-likeness (QED) is 0.722. The highest BCUT2D eigenvalue weighted by molar-refractivity contribution is 4.79. The van der Waals surface area contributed by atoms with Crippen LogP contribution < -0.4 is 5.32 Å². The molecule has 2 rings (SSSR count). The van der Waals surface area contributed by atoms with Crippen molar-refractivity contribution in [1.29, 1.82) is 0 Å². The summed E-state index contributed by atoms with van der Waals surface area (Å²) in [6.45, 7) is 7.47. The van der Waals surface area contributed by atoms with Crippen LogP contribution in [0, 0.1) is 5.92 Å². The standard InChI is InChI=1S/C12H24N2/c1-11(12-5-4-6-12)13-7-10-14-8-2-3-9-14/h11-13H,2-10H2,1H3. The van der Waals surface area contributed by atoms with Crippen molar-refractivity contribution in [3.05, 3.63) is 0 Å². The Hall–Kier alpha value is -0.0800. The molecule has 1 aliphatic heterocycles. The molecular formula is C12H24N2. The van der Waals surface area contributed by atoms with E-state index in [1.807, 2.05) is 0 Å². The van der Waals surface area contributed by atoms with Crippen LogP contribution in [0.25, 0.3) is 0 Å². The van der Waals surface area contributed by atoms with Crippen LogP contribution in [0.3, 0.4) is 0 Å². The van der Waals surface area contributed by atoms with Gasteiger partial charge in [0.2, 0.25) is 0 Å². The smallest absolute Gasteiger partial charge is 0.0107 e. The molecule has 2 nitrogen and oxygen atoms in total. The predicted molar refractivity (Wildman–Crippen MR) is 60.5 cm³/mol. The molecule has 0 aromatic heterocycles. The van der Waals surface area contributed by atoms with Gasteiger partial charge in [-0.3, -0.25) is 0 Å². The molecule has 0 spiro atoms. The minimum atomic E-state index is 0.756. The SMILES string of the molecule is CC(NCCN1CCCC1)C1CCC1. The number of nitrogens with one attached hydrogen (secondary N) is 1. The van der Waals surface area contributed by atoms with Crippen LogP contribution in [-0.4, -0.2) is 37.1 Å². The van der Waals surface area contributed by atoms with Gasteiger partial charge in [0, 0.05) is 19.1 Å². The Bertz CT molecular complexity index is 160. The number of rotatable bonds is 5. The second-order valence-electron chi connectivity index (χ2n) is 4.98. The van der Waals surface area contributed by atoms with E-state index in [2.05, 4.69) is 17.1 Å². The van der Waals surface area contributed by atoms with Crippen molar-refractivity contribution < 1.29 is 0 Å². The first-order valence-electron chi connectivity index (χ1n) is 6.32. The first-order chi connectivity index (χ1) is 6.86. The molecule has 2 heteroatoms. The normalized spacial score (nSPS) is 26.4. The number of hydrogen-bond acceptors (Lipinski definition) is 2. The van der Waals surface area contributed by atoms with Gasteiger partial charge in [0.25, 0.3) is 0 Å². The van der Waals surface area contributed by atoms with E-state index in [0.717, 1.165) is 12.0 Å². The highest BCUT2D eigenvalue weighted by Gasteiger charge is 2.23. The molecule has 1 aliphatic carbocycles. The molecule has 1 atom stereocenters. The van der Waals surface area contributed by atoms with Gasteiger partial charge in [0.1, 0.15) is 0 Å². The molecule has 0 amide bonds. The van der Waals surface area contributed by atoms with Gasteiger partial charge in [0.15, 0.2) is 0 Å². The van der Waals surface area contributed by atoms with Crippen molar-refractivity contribution in [1.82, 2.24) is 10.2 Å². The van der Waals surface area contributed by atoms with Gasteiger partial charge in [-0.1, -0.05) is 6.42 Å². The van der Waals surface area contributed by atoms with Crippen molar-refractivity contribution in [2.24, 2.45) is 5.92 Å². The van der Waals surface area contributed by atoms with Crippen LogP contribution >= 0.6 is 0 Å². The van der Waals surface area contributed by atoms with Crippen molar-refractivity contribution in [3.8, 4) is 0 Å². The third-order valence-corrected chi connectivity index (χ3v) is 3.95. The molecule has 1 N–H and O–H groups in total. The summed E-state index contributed by atoms with van der Waals surface area (Å²) < 4.78 is 0. The summed E-state index contributed by atoms with van der Waals surface area (Å²) in [6.07, 6.45) is 7.20. The van der Waals surface area contributed by atoms with Crippen LogP contribution in [0.5, 0.6) is 0 Å². The zero-order valence-corrected chi connectivity index (χ0v) is 9.47. The molecule has 0 aromatic rings. The lowest BCUT2D eigenvalue weighted by Gasteiger charge is -2.32. The molecule has 0 bridgehead atoms. The summed E-state index contributed by atoms with van der Waals surface area (Å²) in [7, 11) is 0. The van der Waals surface area contributed by atoms with Crippen molar-refractivity contribution in [2.75, 3.05) is 26.2 Å². The first-order valence-corrected chi connectivity index (χ1v) is 6.32. The molecule has 1 heterocycles. The molecule has 14 heavy (non-hydrogen) atoms. The molecule has 2 aliphatic rings. The molecule has 0 radical (unpaired) electrons. The minimum absolute atomic E-state index is 0.756. The molecule has 82 valence electrons. The van der Waals surface area contributed by atoms with Crippen LogP contribution in [-0.2, 0) is 0 Å². The van der Waals surface area contributed by atoms with Gasteiger partial charge in [-0.25, -0.2) is 0 Å². The Labute approximate surface area is 88.1 Å². The summed E-state index contributed by atoms with van der Waals surface area (Å²) in [5.41, 5.74) is 0. The summed E-state index contributed by atoms with van der Waals surface area (Å²) >= 11 is 0. The van der Waals surface area contributed by atoms with Crippen molar-refractivity contribution >= 4 is 0 Å². The first kappa shape index (κ1) is 10.4. The number of nitrogens with zero attached hydrogens (tertiary/aromatic N) is 1. The summed E-state index contributed by atoms with van der Waals surface area (Å²) in [6, 6.07) is 0.756. The van der Waals surface area contributed by atoms with E-state index in [9.17, 15) is 0 Å². The van der Waals surface area contributed by atoms with E-state index in [-0.39, 0.29) is 0 Å². The molecule has 1 unspecified atom stereocenters. The van der Waals surface area contributed by atoms with Crippen molar-refractivity contribution in [2.45, 2.75) is 45.1 Å². The molecule has 1 saturated carbocycles. The van der Waals surface area contributed by atoms with E-state index in [1.165, 1.54) is 58.3 Å². The van der Waals surface area contributed by atoms with Gasteiger partial charge in [-0.15, -0.1) is 0 Å². The molecule has 1 saturated heterocycles. The lowest BCUT2D eigenvalue weighted by molar-refractivity contribution is 0.232. The van der Waals surface area contributed by atoms with Crippen LogP contribution in [0.4, 0.5) is 0 Å². The summed E-state index contributed by atoms with van der Waals surface area (Å²) in [4.78, 5) is 2.58. The molecule has 2 fully saturated rings. The monoisotopic (exact) mass is 196 g/mol. The lowest BCUT2D eigenvalue weighted by Crippen LogP contribution is -2.40. The third-order valence-electron chi connectivity index (χ3n) is 3.95. The van der Waals surface area contributed by atoms with Gasteiger partial charge < -0.3 is 10.2 Å². The largest absolute Gasteiger partial charge is 0.313 e. The second kappa shape index (κ2) is 5.13. The topological polar surface area (TPSA) is 15.3 Å². The van der Waals surface area contributed by atoms with E-state index in [4.69, 9.17) is 0 Å². The maximum Gasteiger partial charge on any atom is 0.0107 e. The summed E-state index contributed by atoms with van der Waals surface area (Å²) in [5, 5.41) is 3.67. The van der Waals surface area contributed by atoms with E-state index < -0.39 is 0 Å². The Morgan fingerprint density at radius 3 is 2.50 bits per heavy atom. The number of likely N-dealkylation sites (tertiary alicyclic amines) is 1. The Morgan fingerprint density at radius 1 is 1.21 bits per heavy atom. The average molecular weight is 196 g/mol. The van der Waals surface area contributed by atoms with Crippen molar-refractivity contribution in [3.63, 3.8) is 0 Å². The molecular weight excluding hydrogens is 172 g/mol. The minimum Gasteiger partial charge on any atom is -0.313 e. The third kappa shape index (κ3) is 2.71. The molecule has 0 aromatic carbocycles. The lowest BCUT2D eigenvalue weighted by atomic mass is 9.80. The van der Waals surface area contributed by atoms with E-state index in [0.29, 0.717) is 0 Å². The second-order valence-corrected chi connectivity index (χ2v) is 4.98. The van der Waals surface area contributed by atoms with Crippen LogP contribution in [0.2, 0.25) is 0 Å². The van der Waals surface area contributed by atoms with Crippen LogP contribution in [0.1, 0.15) is 39.0 Å². The zero-order chi connectivity index (χ0) is 9.80. The Balaban J connectivity index is 1.52. The fourth-order valence-corrected chi connectivity index (χ4v) is 2.56. The fourth-order valence-electron chi connectivity index (χ4n) is 2.56. The van der Waals surface area contributed by atoms with E-state index >= 15 is 0 Å². The Morgan fingerprint density at radius 2 is 1.93 bits per heavy atom. The predicted octanol–water partition coefficient (Wildman–Crippen LogP) is 1.86. The van der Waals surface area contributed by atoms with Gasteiger partial charge in [-0.05, 0) is 51.6 Å². The highest BCUT2D eigenvalue weighted by Crippen LogP contribution is 2.29. The number of hydrogen-bond donors (Lipinski definition) is 1. The van der Waals surface area contributed by atoms with Crippen LogP contribution in [0.15, 0.2) is 0 Å². The maximum absolute atomic E-state index is 3.67. The maximum atomic E-state index is 3.67. The Kier molecular flexibility index (Phi) is 3.82. The summed E-state index contributed by atoms with van der Waals surface area (Å²) in [5.74, 6) is 0.980. The van der Waals surface area contributed by atoms with Gasteiger partial charge >= 0.3 is 0 Å². The highest BCUT2D eigenvalue weighted by atomic mass is 15.2. The van der Waals surface area contributed by atoms with Gasteiger partial charge in [-0.2, -0.15) is 0 Å². The van der Waals surface area contributed by atoms with Gasteiger partial charge in [0.05, 0.1) is 0 Å². The average Bonchev–Trinajstić information content (AvgIpc) is 2.53.